The number of nitrogens with one attached hydrogen (secondary N) is 1. The van der Waals surface area contributed by atoms with Crippen LogP contribution in [0.5, 0.6) is 0 Å². The van der Waals surface area contributed by atoms with Gasteiger partial charge in [0.2, 0.25) is 5.91 Å². The SMILES string of the molecule is CCCc1ccc(C(NC(=O)Cn2c(=O)c3c(ncn3C)n(C)c2=O)c2cccs2)cc1. The first-order valence-corrected chi connectivity index (χ1v) is 11.3. The molecule has 4 aromatic rings. The Morgan fingerprint density at radius 2 is 1.91 bits per heavy atom. The molecule has 3 heterocycles. The lowest BCUT2D eigenvalue weighted by Gasteiger charge is -2.19. The van der Waals surface area contributed by atoms with Gasteiger partial charge in [-0.1, -0.05) is 43.7 Å². The van der Waals surface area contributed by atoms with Gasteiger partial charge in [0.15, 0.2) is 11.2 Å². The van der Waals surface area contributed by atoms with E-state index in [-0.39, 0.29) is 18.1 Å². The standard InChI is InChI=1S/C23H25N5O3S/c1-4-6-15-8-10-16(11-9-15)19(17-7-5-12-32-17)25-18(29)13-28-22(30)20-21(24-14-26(20)2)27(3)23(28)31/h5,7-12,14,19H,4,6,13H2,1-3H3,(H,25,29). The van der Waals surface area contributed by atoms with Gasteiger partial charge >= 0.3 is 5.69 Å². The summed E-state index contributed by atoms with van der Waals surface area (Å²) in [5, 5.41) is 4.96. The Morgan fingerprint density at radius 1 is 1.16 bits per heavy atom. The number of amides is 1. The maximum Gasteiger partial charge on any atom is 0.332 e. The van der Waals surface area contributed by atoms with E-state index in [4.69, 9.17) is 0 Å². The fourth-order valence-electron chi connectivity index (χ4n) is 3.83. The second-order valence-electron chi connectivity index (χ2n) is 7.77. The number of thiophene rings is 1. The number of nitrogens with zero attached hydrogens (tertiary/aromatic N) is 4. The van der Waals surface area contributed by atoms with Crippen molar-refractivity contribution in [2.75, 3.05) is 0 Å². The highest BCUT2D eigenvalue weighted by Crippen LogP contribution is 2.26. The number of carbonyl (C=O) groups excluding carboxylic acids is 1. The van der Waals surface area contributed by atoms with Crippen LogP contribution in [-0.2, 0) is 31.9 Å². The molecule has 0 bridgehead atoms. The molecule has 0 aliphatic heterocycles. The predicted octanol–water partition coefficient (Wildman–Crippen LogP) is 2.35. The second-order valence-corrected chi connectivity index (χ2v) is 8.75. The number of carbonyl (C=O) groups is 1. The lowest BCUT2D eigenvalue weighted by molar-refractivity contribution is -0.122. The van der Waals surface area contributed by atoms with E-state index in [1.165, 1.54) is 23.5 Å². The third kappa shape index (κ3) is 4.03. The van der Waals surface area contributed by atoms with Crippen molar-refractivity contribution in [1.82, 2.24) is 24.0 Å². The van der Waals surface area contributed by atoms with Crippen LogP contribution in [0.4, 0.5) is 0 Å². The van der Waals surface area contributed by atoms with Crippen LogP contribution in [0.15, 0.2) is 57.7 Å². The summed E-state index contributed by atoms with van der Waals surface area (Å²) in [5.74, 6) is -0.415. The molecule has 0 aliphatic rings. The highest BCUT2D eigenvalue weighted by Gasteiger charge is 2.21. The number of hydrogen-bond donors (Lipinski definition) is 1. The van der Waals surface area contributed by atoms with Gasteiger partial charge in [0.1, 0.15) is 6.54 Å². The fourth-order valence-corrected chi connectivity index (χ4v) is 4.63. The van der Waals surface area contributed by atoms with E-state index in [9.17, 15) is 14.4 Å². The molecular formula is C23H25N5O3S. The van der Waals surface area contributed by atoms with Gasteiger partial charge in [-0.05, 0) is 29.0 Å². The van der Waals surface area contributed by atoms with Crippen LogP contribution in [0, 0.1) is 0 Å². The second kappa shape index (κ2) is 8.96. The summed E-state index contributed by atoms with van der Waals surface area (Å²) in [6, 6.07) is 11.7. The van der Waals surface area contributed by atoms with Crippen molar-refractivity contribution >= 4 is 28.4 Å². The first kappa shape index (κ1) is 21.8. The van der Waals surface area contributed by atoms with E-state index in [0.29, 0.717) is 5.65 Å². The first-order valence-electron chi connectivity index (χ1n) is 10.4. The Morgan fingerprint density at radius 3 is 2.56 bits per heavy atom. The van der Waals surface area contributed by atoms with Gasteiger partial charge < -0.3 is 9.88 Å². The number of benzene rings is 1. The topological polar surface area (TPSA) is 90.9 Å². The van der Waals surface area contributed by atoms with Crippen LogP contribution in [0.25, 0.3) is 11.2 Å². The summed E-state index contributed by atoms with van der Waals surface area (Å²) in [6.07, 6.45) is 3.54. The Kier molecular flexibility index (Phi) is 6.09. The number of rotatable bonds is 7. The molecule has 1 atom stereocenters. The van der Waals surface area contributed by atoms with E-state index in [1.807, 2.05) is 29.6 Å². The summed E-state index contributed by atoms with van der Waals surface area (Å²) in [6.45, 7) is 1.76. The van der Waals surface area contributed by atoms with Gasteiger partial charge in [0, 0.05) is 19.0 Å². The van der Waals surface area contributed by atoms with Crippen molar-refractivity contribution < 1.29 is 4.79 Å². The lowest BCUT2D eigenvalue weighted by atomic mass is 10.0. The minimum absolute atomic E-state index is 0.279. The van der Waals surface area contributed by atoms with E-state index in [0.717, 1.165) is 27.8 Å². The van der Waals surface area contributed by atoms with Crippen LogP contribution >= 0.6 is 11.3 Å². The monoisotopic (exact) mass is 451 g/mol. The Labute approximate surface area is 188 Å². The molecule has 0 spiro atoms. The maximum absolute atomic E-state index is 13.0. The number of aryl methyl sites for hydroxylation is 3. The zero-order valence-electron chi connectivity index (χ0n) is 18.2. The molecule has 32 heavy (non-hydrogen) atoms. The zero-order chi connectivity index (χ0) is 22.8. The Bertz CT molecular complexity index is 1360. The lowest BCUT2D eigenvalue weighted by Crippen LogP contribution is -2.44. The largest absolute Gasteiger partial charge is 0.343 e. The summed E-state index contributed by atoms with van der Waals surface area (Å²) in [7, 11) is 3.22. The number of hydrogen-bond acceptors (Lipinski definition) is 5. The summed E-state index contributed by atoms with van der Waals surface area (Å²) >= 11 is 1.54. The Hall–Kier alpha value is -3.46. The molecule has 0 fully saturated rings. The molecule has 9 heteroatoms. The van der Waals surface area contributed by atoms with Gasteiger partial charge in [0.25, 0.3) is 5.56 Å². The zero-order valence-corrected chi connectivity index (χ0v) is 19.1. The molecule has 1 aromatic carbocycles. The van der Waals surface area contributed by atoms with Crippen LogP contribution in [0.2, 0.25) is 0 Å². The average Bonchev–Trinajstić information content (AvgIpc) is 3.45. The van der Waals surface area contributed by atoms with Crippen LogP contribution in [-0.4, -0.2) is 24.6 Å². The van der Waals surface area contributed by atoms with Gasteiger partial charge in [-0.15, -0.1) is 11.3 Å². The quantitative estimate of drug-likeness (QED) is 0.467. The van der Waals surface area contributed by atoms with Gasteiger partial charge in [-0.2, -0.15) is 0 Å². The van der Waals surface area contributed by atoms with Gasteiger partial charge in [-0.3, -0.25) is 14.2 Å². The highest BCUT2D eigenvalue weighted by atomic mass is 32.1. The smallest absolute Gasteiger partial charge is 0.332 e. The van der Waals surface area contributed by atoms with E-state index in [2.05, 4.69) is 29.4 Å². The normalized spacial score (nSPS) is 12.2. The summed E-state index contributed by atoms with van der Waals surface area (Å²) in [4.78, 5) is 43.7. The third-order valence-electron chi connectivity index (χ3n) is 5.49. The number of fused-ring (bicyclic) bond motifs is 1. The average molecular weight is 452 g/mol. The van der Waals surface area contributed by atoms with Crippen molar-refractivity contribution in [3.63, 3.8) is 0 Å². The Balaban J connectivity index is 1.65. The van der Waals surface area contributed by atoms with Crippen molar-refractivity contribution in [3.8, 4) is 0 Å². The van der Waals surface area contributed by atoms with E-state index < -0.39 is 17.2 Å². The molecule has 1 unspecified atom stereocenters. The first-order chi connectivity index (χ1) is 15.4. The molecular weight excluding hydrogens is 426 g/mol. The van der Waals surface area contributed by atoms with Crippen molar-refractivity contribution in [1.29, 1.82) is 0 Å². The maximum atomic E-state index is 13.0. The van der Waals surface area contributed by atoms with Crippen molar-refractivity contribution in [2.45, 2.75) is 32.4 Å². The molecule has 0 radical (unpaired) electrons. The third-order valence-corrected chi connectivity index (χ3v) is 6.42. The molecule has 1 amide bonds. The molecule has 4 rings (SSSR count). The van der Waals surface area contributed by atoms with Gasteiger partial charge in [-0.25, -0.2) is 14.3 Å². The molecule has 0 aliphatic carbocycles. The van der Waals surface area contributed by atoms with Crippen LogP contribution < -0.4 is 16.6 Å². The summed E-state index contributed by atoms with van der Waals surface area (Å²) in [5.41, 5.74) is 1.65. The number of imidazole rings is 1. The molecule has 166 valence electrons. The van der Waals surface area contributed by atoms with Crippen LogP contribution in [0.1, 0.15) is 35.4 Å². The van der Waals surface area contributed by atoms with Gasteiger partial charge in [0.05, 0.1) is 12.4 Å². The molecule has 8 nitrogen and oxygen atoms in total. The molecule has 0 saturated heterocycles. The van der Waals surface area contributed by atoms with Crippen molar-refractivity contribution in [3.05, 3.63) is 84.9 Å². The highest BCUT2D eigenvalue weighted by molar-refractivity contribution is 7.10. The minimum atomic E-state index is -0.576. The molecule has 0 saturated carbocycles. The number of aromatic nitrogens is 4. The van der Waals surface area contributed by atoms with E-state index in [1.54, 1.807) is 23.0 Å². The van der Waals surface area contributed by atoms with Crippen LogP contribution in [0.3, 0.4) is 0 Å². The van der Waals surface area contributed by atoms with Crippen molar-refractivity contribution in [2.24, 2.45) is 14.1 Å². The predicted molar refractivity (Wildman–Crippen MR) is 125 cm³/mol. The molecule has 1 N–H and O–H groups in total. The molecule has 3 aromatic heterocycles. The van der Waals surface area contributed by atoms with E-state index >= 15 is 0 Å². The minimum Gasteiger partial charge on any atom is -0.343 e. The summed E-state index contributed by atoms with van der Waals surface area (Å²) < 4.78 is 3.79. The fraction of sp³-hybridized carbons (Fsp3) is 0.304.